The van der Waals surface area contributed by atoms with E-state index >= 15 is 0 Å². The van der Waals surface area contributed by atoms with Gasteiger partial charge in [-0.3, -0.25) is 9.69 Å². The van der Waals surface area contributed by atoms with Crippen LogP contribution in [0.15, 0.2) is 71.6 Å². The number of piperidine rings is 1. The zero-order chi connectivity index (χ0) is 32.9. The number of carbonyl (C=O) groups excluding carboxylic acids is 1. The number of nitrogens with one attached hydrogen (secondary N) is 2. The number of nitrogens with zero attached hydrogens (tertiary/aromatic N) is 2. The van der Waals surface area contributed by atoms with Gasteiger partial charge in [-0.05, 0) is 60.4 Å². The van der Waals surface area contributed by atoms with Gasteiger partial charge in [0.25, 0.3) is 11.8 Å². The molecule has 244 valence electrons. The number of aromatic amines is 1. The van der Waals surface area contributed by atoms with Gasteiger partial charge in [0, 0.05) is 79.8 Å². The maximum Gasteiger partial charge on any atom is 0.416 e. The van der Waals surface area contributed by atoms with Crippen LogP contribution in [0.1, 0.15) is 58.1 Å². The number of rotatable bonds is 7. The molecule has 3 aromatic carbocycles. The Morgan fingerprint density at radius 3 is 2.33 bits per heavy atom. The Morgan fingerprint density at radius 2 is 1.65 bits per heavy atom. The Hall–Kier alpha value is -3.81. The van der Waals surface area contributed by atoms with E-state index in [1.807, 2.05) is 12.1 Å². The smallest absolute Gasteiger partial charge is 0.358 e. The molecule has 0 unspecified atom stereocenters. The lowest BCUT2D eigenvalue weighted by atomic mass is 10.0. The van der Waals surface area contributed by atoms with Gasteiger partial charge in [0.05, 0.1) is 10.5 Å². The average molecular weight is 661 g/mol. The molecule has 0 atom stereocenters. The van der Waals surface area contributed by atoms with Crippen LogP contribution in [0, 0.1) is 0 Å². The van der Waals surface area contributed by atoms with Crippen LogP contribution in [0.4, 0.5) is 22.0 Å². The number of H-pyrrole nitrogens is 1. The van der Waals surface area contributed by atoms with E-state index in [-0.39, 0.29) is 30.6 Å². The summed E-state index contributed by atoms with van der Waals surface area (Å²) in [5.41, 5.74) is 3.43. The molecule has 0 radical (unpaired) electrons. The SMILES string of the molecule is CC(F)(F)c1ccc(CN2CCc3[nH]c4ccc(C(=O)NC5CCN(S(=O)(=O)c6cccc(C(F)(F)F)c6)CC5)cc4c3C2)cc1. The first-order chi connectivity index (χ1) is 21.7. The molecule has 7 nitrogen and oxygen atoms in total. The van der Waals surface area contributed by atoms with Gasteiger partial charge in [-0.15, -0.1) is 0 Å². The van der Waals surface area contributed by atoms with Crippen molar-refractivity contribution in [3.05, 3.63) is 100 Å². The van der Waals surface area contributed by atoms with Crippen LogP contribution in [-0.2, 0) is 41.6 Å². The van der Waals surface area contributed by atoms with Gasteiger partial charge in [-0.25, -0.2) is 17.2 Å². The summed E-state index contributed by atoms with van der Waals surface area (Å²) < 4.78 is 93.8. The molecule has 0 aliphatic carbocycles. The number of hydrogen-bond acceptors (Lipinski definition) is 4. The highest BCUT2D eigenvalue weighted by atomic mass is 32.2. The van der Waals surface area contributed by atoms with Gasteiger partial charge in [-0.2, -0.15) is 17.5 Å². The lowest BCUT2D eigenvalue weighted by Crippen LogP contribution is -2.46. The first-order valence-electron chi connectivity index (χ1n) is 15.0. The number of carbonyl (C=O) groups is 1. The van der Waals surface area contributed by atoms with E-state index < -0.39 is 32.6 Å². The van der Waals surface area contributed by atoms with E-state index in [0.717, 1.165) is 70.1 Å². The average Bonchev–Trinajstić information content (AvgIpc) is 3.38. The minimum absolute atomic E-state index is 0.0228. The van der Waals surface area contributed by atoms with Crippen molar-refractivity contribution in [2.45, 2.75) is 62.3 Å². The fraction of sp³-hybridized carbons (Fsp3) is 0.364. The van der Waals surface area contributed by atoms with Crippen molar-refractivity contribution in [2.24, 2.45) is 0 Å². The Bertz CT molecular complexity index is 1860. The van der Waals surface area contributed by atoms with Crippen LogP contribution in [0.2, 0.25) is 0 Å². The van der Waals surface area contributed by atoms with Crippen LogP contribution in [0.3, 0.4) is 0 Å². The third-order valence-corrected chi connectivity index (χ3v) is 10.7. The summed E-state index contributed by atoms with van der Waals surface area (Å²) in [5.74, 6) is -3.18. The van der Waals surface area contributed by atoms with E-state index in [1.165, 1.54) is 12.1 Å². The zero-order valence-corrected chi connectivity index (χ0v) is 25.8. The predicted molar refractivity (Wildman–Crippen MR) is 163 cm³/mol. The number of benzene rings is 3. The molecule has 13 heteroatoms. The number of fused-ring (bicyclic) bond motifs is 3. The van der Waals surface area contributed by atoms with Crippen LogP contribution in [0.25, 0.3) is 10.9 Å². The minimum Gasteiger partial charge on any atom is -0.358 e. The van der Waals surface area contributed by atoms with Crippen molar-refractivity contribution in [3.8, 4) is 0 Å². The molecule has 4 aromatic rings. The fourth-order valence-electron chi connectivity index (χ4n) is 6.20. The molecule has 2 aliphatic heterocycles. The normalized spacial score (nSPS) is 17.3. The summed E-state index contributed by atoms with van der Waals surface area (Å²) in [4.78, 5) is 18.5. The van der Waals surface area contributed by atoms with Crippen molar-refractivity contribution in [3.63, 3.8) is 0 Å². The van der Waals surface area contributed by atoms with Gasteiger partial charge >= 0.3 is 6.18 Å². The highest BCUT2D eigenvalue weighted by molar-refractivity contribution is 7.89. The highest BCUT2D eigenvalue weighted by Crippen LogP contribution is 2.33. The molecule has 1 amide bonds. The van der Waals surface area contributed by atoms with Crippen molar-refractivity contribution in [2.75, 3.05) is 19.6 Å². The van der Waals surface area contributed by atoms with Gasteiger partial charge in [-0.1, -0.05) is 30.3 Å². The lowest BCUT2D eigenvalue weighted by Gasteiger charge is -2.31. The molecule has 2 N–H and O–H groups in total. The molecule has 0 spiro atoms. The minimum atomic E-state index is -4.66. The second kappa shape index (κ2) is 12.1. The van der Waals surface area contributed by atoms with Crippen LogP contribution >= 0.6 is 0 Å². The maximum absolute atomic E-state index is 13.6. The second-order valence-corrected chi connectivity index (χ2v) is 14.0. The fourth-order valence-corrected chi connectivity index (χ4v) is 7.71. The highest BCUT2D eigenvalue weighted by Gasteiger charge is 2.34. The summed E-state index contributed by atoms with van der Waals surface area (Å²) in [6.07, 6.45) is -3.25. The first-order valence-corrected chi connectivity index (χ1v) is 16.4. The van der Waals surface area contributed by atoms with Crippen molar-refractivity contribution in [1.82, 2.24) is 19.5 Å². The summed E-state index contributed by atoms with van der Waals surface area (Å²) in [6.45, 7) is 3.03. The largest absolute Gasteiger partial charge is 0.416 e. The van der Waals surface area contributed by atoms with Gasteiger partial charge < -0.3 is 10.3 Å². The third-order valence-electron chi connectivity index (χ3n) is 8.77. The molecule has 1 fully saturated rings. The maximum atomic E-state index is 13.6. The molecule has 0 saturated carbocycles. The summed E-state index contributed by atoms with van der Waals surface area (Å²) >= 11 is 0. The molecule has 0 bridgehead atoms. The molecule has 2 aliphatic rings. The molecule has 3 heterocycles. The monoisotopic (exact) mass is 660 g/mol. The molecule has 6 rings (SSSR count). The molecule has 46 heavy (non-hydrogen) atoms. The third kappa shape index (κ3) is 6.67. The summed E-state index contributed by atoms with van der Waals surface area (Å²) in [6, 6.07) is 15.2. The van der Waals surface area contributed by atoms with Crippen molar-refractivity contribution in [1.29, 1.82) is 0 Å². The molecular weight excluding hydrogens is 627 g/mol. The number of sulfonamides is 1. The van der Waals surface area contributed by atoms with Crippen LogP contribution in [-0.4, -0.2) is 54.2 Å². The summed E-state index contributed by atoms with van der Waals surface area (Å²) in [5, 5.41) is 3.91. The Balaban J connectivity index is 1.09. The second-order valence-electron chi connectivity index (χ2n) is 12.1. The Kier molecular flexibility index (Phi) is 8.45. The van der Waals surface area contributed by atoms with Gasteiger partial charge in [0.15, 0.2) is 0 Å². The van der Waals surface area contributed by atoms with E-state index in [2.05, 4.69) is 15.2 Å². The number of halogens is 5. The summed E-state index contributed by atoms with van der Waals surface area (Å²) in [7, 11) is -4.13. The Morgan fingerprint density at radius 1 is 0.935 bits per heavy atom. The van der Waals surface area contributed by atoms with E-state index in [9.17, 15) is 35.2 Å². The van der Waals surface area contributed by atoms with Gasteiger partial charge in [0.1, 0.15) is 0 Å². The first kappa shape index (κ1) is 32.1. The van der Waals surface area contributed by atoms with Crippen LogP contribution < -0.4 is 5.32 Å². The topological polar surface area (TPSA) is 85.5 Å². The Labute approximate surface area is 263 Å². The molecule has 1 saturated heterocycles. The van der Waals surface area contributed by atoms with E-state index in [0.29, 0.717) is 37.6 Å². The zero-order valence-electron chi connectivity index (χ0n) is 25.0. The lowest BCUT2D eigenvalue weighted by molar-refractivity contribution is -0.137. The molecular formula is C33H33F5N4O3S. The number of hydrogen-bond donors (Lipinski definition) is 2. The van der Waals surface area contributed by atoms with Crippen molar-refractivity contribution >= 4 is 26.8 Å². The van der Waals surface area contributed by atoms with Crippen LogP contribution in [0.5, 0.6) is 0 Å². The predicted octanol–water partition coefficient (Wildman–Crippen LogP) is 6.44. The van der Waals surface area contributed by atoms with Gasteiger partial charge in [0.2, 0.25) is 10.0 Å². The van der Waals surface area contributed by atoms with E-state index in [4.69, 9.17) is 0 Å². The van der Waals surface area contributed by atoms with E-state index in [1.54, 1.807) is 18.2 Å². The number of alkyl halides is 5. The standard InChI is InChI=1S/C33H33F5N4O3S/c1-32(34,35)23-8-5-21(6-9-23)19-41-14-13-30-28(20-41)27-17-22(7-10-29(27)40-30)31(43)39-25-11-15-42(16-12-25)46(44,45)26-4-2-3-24(18-26)33(36,37)38/h2-10,17-18,25,40H,11-16,19-20H2,1H3,(H,39,43). The molecule has 1 aromatic heterocycles. The van der Waals surface area contributed by atoms with Crippen molar-refractivity contribution < 1.29 is 35.2 Å². The number of aromatic nitrogens is 1. The number of amides is 1. The quantitative estimate of drug-likeness (QED) is 0.224.